The fraction of sp³-hybridized carbons (Fsp3) is 0.0769. The number of thiophene rings is 1. The van der Waals surface area contributed by atoms with E-state index in [1.807, 2.05) is 0 Å². The van der Waals surface area contributed by atoms with E-state index in [1.165, 1.54) is 11.4 Å². The lowest BCUT2D eigenvalue weighted by atomic mass is 10.1. The van der Waals surface area contributed by atoms with Crippen molar-refractivity contribution in [1.82, 2.24) is 0 Å². The molecule has 22 heavy (non-hydrogen) atoms. The first kappa shape index (κ1) is 16.0. The van der Waals surface area contributed by atoms with Gasteiger partial charge in [0.1, 0.15) is 4.88 Å². The van der Waals surface area contributed by atoms with Crippen LogP contribution < -0.4 is 10.5 Å². The Morgan fingerprint density at radius 3 is 2.55 bits per heavy atom. The summed E-state index contributed by atoms with van der Waals surface area (Å²) in [5.74, 6) is -1.97. The van der Waals surface area contributed by atoms with Crippen LogP contribution in [0.25, 0.3) is 0 Å². The zero-order valence-corrected chi connectivity index (χ0v) is 13.0. The number of anilines is 1. The van der Waals surface area contributed by atoms with Crippen LogP contribution in [0.5, 0.6) is 0 Å². The smallest absolute Gasteiger partial charge is 0.345 e. The Balaban J connectivity index is 2.45. The number of carbonyl (C=O) groups excluding carboxylic acids is 1. The van der Waals surface area contributed by atoms with Crippen LogP contribution in [-0.4, -0.2) is 25.4 Å². The molecule has 1 heterocycles. The second-order valence-corrected chi connectivity index (χ2v) is 7.01. The summed E-state index contributed by atoms with van der Waals surface area (Å²) in [6.45, 7) is 1.63. The third-order valence-electron chi connectivity index (χ3n) is 2.87. The van der Waals surface area contributed by atoms with E-state index in [9.17, 15) is 18.0 Å². The molecule has 0 bridgehead atoms. The molecule has 0 radical (unpaired) electrons. The summed E-state index contributed by atoms with van der Waals surface area (Å²) in [6, 6.07) is 5.67. The van der Waals surface area contributed by atoms with Gasteiger partial charge in [0, 0.05) is 5.38 Å². The number of amides is 1. The van der Waals surface area contributed by atoms with E-state index < -0.39 is 21.9 Å². The molecule has 0 saturated heterocycles. The third kappa shape index (κ3) is 3.10. The number of carboxylic acids is 1. The summed E-state index contributed by atoms with van der Waals surface area (Å²) in [4.78, 5) is 21.9. The molecule has 0 unspecified atom stereocenters. The van der Waals surface area contributed by atoms with Crippen LogP contribution in [0.1, 0.15) is 25.6 Å². The summed E-state index contributed by atoms with van der Waals surface area (Å²) in [5, 5.41) is 10.1. The van der Waals surface area contributed by atoms with Crippen LogP contribution >= 0.6 is 11.3 Å². The number of rotatable bonds is 5. The fourth-order valence-corrected chi connectivity index (χ4v) is 4.04. The predicted octanol–water partition coefficient (Wildman–Crippen LogP) is 1.65. The van der Waals surface area contributed by atoms with Crippen molar-refractivity contribution >= 4 is 38.9 Å². The lowest BCUT2D eigenvalue weighted by Crippen LogP contribution is -2.19. The Morgan fingerprint density at radius 2 is 2.00 bits per heavy atom. The molecule has 0 spiro atoms. The van der Waals surface area contributed by atoms with Crippen LogP contribution in [0, 0.1) is 6.92 Å². The number of aryl methyl sites for hydroxylation is 1. The van der Waals surface area contributed by atoms with Gasteiger partial charge in [-0.25, -0.2) is 13.2 Å². The minimum Gasteiger partial charge on any atom is -0.477 e. The maximum atomic E-state index is 12.3. The number of hydrogen-bond acceptors (Lipinski definition) is 5. The van der Waals surface area contributed by atoms with Gasteiger partial charge in [0.05, 0.1) is 16.1 Å². The Kier molecular flexibility index (Phi) is 4.20. The van der Waals surface area contributed by atoms with Gasteiger partial charge < -0.3 is 10.8 Å². The molecule has 9 heteroatoms. The number of aromatic carboxylic acids is 1. The average Bonchev–Trinajstić information content (AvgIpc) is 2.91. The number of carboxylic acid groups (broad SMARTS) is 1. The van der Waals surface area contributed by atoms with E-state index in [1.54, 1.807) is 19.1 Å². The number of para-hydroxylation sites is 1. The molecule has 1 aromatic heterocycles. The van der Waals surface area contributed by atoms with Crippen LogP contribution in [0.15, 0.2) is 34.5 Å². The standard InChI is InChI=1S/C13H12N2O5S2/c1-7-3-2-4-9(12(14)16)11(7)15-22(19,20)8-5-10(13(17)18)21-6-8/h2-6,15H,1H3,(H2,14,16)(H,17,18). The van der Waals surface area contributed by atoms with E-state index >= 15 is 0 Å². The number of hydrogen-bond donors (Lipinski definition) is 3. The molecule has 4 N–H and O–H groups in total. The lowest BCUT2D eigenvalue weighted by molar-refractivity contribution is 0.0701. The summed E-state index contributed by atoms with van der Waals surface area (Å²) in [6.07, 6.45) is 0. The largest absolute Gasteiger partial charge is 0.477 e. The Morgan fingerprint density at radius 1 is 1.32 bits per heavy atom. The lowest BCUT2D eigenvalue weighted by Gasteiger charge is -2.12. The zero-order valence-electron chi connectivity index (χ0n) is 11.4. The van der Waals surface area contributed by atoms with Gasteiger partial charge in [-0.05, 0) is 24.6 Å². The molecule has 1 amide bonds. The summed E-state index contributed by atoms with van der Waals surface area (Å²) in [7, 11) is -4.02. The molecule has 1 aromatic carbocycles. The van der Waals surface area contributed by atoms with E-state index in [0.717, 1.165) is 17.4 Å². The van der Waals surface area contributed by atoms with Crippen molar-refractivity contribution in [1.29, 1.82) is 0 Å². The number of nitrogens with two attached hydrogens (primary N) is 1. The predicted molar refractivity (Wildman–Crippen MR) is 81.8 cm³/mol. The van der Waals surface area contributed by atoms with Gasteiger partial charge in [-0.1, -0.05) is 12.1 Å². The zero-order chi connectivity index (χ0) is 16.5. The van der Waals surface area contributed by atoms with Crippen molar-refractivity contribution in [2.75, 3.05) is 4.72 Å². The molecule has 0 saturated carbocycles. The third-order valence-corrected chi connectivity index (χ3v) is 5.27. The minimum atomic E-state index is -4.02. The number of carbonyl (C=O) groups is 2. The number of primary amides is 1. The number of sulfonamides is 1. The first-order chi connectivity index (χ1) is 10.2. The molecule has 2 rings (SSSR count). The molecular formula is C13H12N2O5S2. The molecule has 0 fully saturated rings. The van der Waals surface area contributed by atoms with Gasteiger partial charge in [-0.2, -0.15) is 0 Å². The van der Waals surface area contributed by atoms with Gasteiger partial charge in [0.2, 0.25) is 0 Å². The van der Waals surface area contributed by atoms with Gasteiger partial charge in [0.15, 0.2) is 0 Å². The van der Waals surface area contributed by atoms with Gasteiger partial charge in [-0.15, -0.1) is 11.3 Å². The molecule has 7 nitrogen and oxygen atoms in total. The van der Waals surface area contributed by atoms with E-state index in [2.05, 4.69) is 4.72 Å². The van der Waals surface area contributed by atoms with Crippen molar-refractivity contribution in [3.05, 3.63) is 45.6 Å². The number of nitrogens with one attached hydrogen (secondary N) is 1. The Bertz CT molecular complexity index is 855. The maximum Gasteiger partial charge on any atom is 0.345 e. The van der Waals surface area contributed by atoms with Crippen molar-refractivity contribution < 1.29 is 23.1 Å². The van der Waals surface area contributed by atoms with Crippen LogP contribution in [0.2, 0.25) is 0 Å². The minimum absolute atomic E-state index is 0.0391. The first-order valence-electron chi connectivity index (χ1n) is 5.96. The monoisotopic (exact) mass is 340 g/mol. The Labute approximate surface area is 130 Å². The van der Waals surface area contributed by atoms with E-state index in [0.29, 0.717) is 5.56 Å². The highest BCUT2D eigenvalue weighted by molar-refractivity contribution is 7.92. The van der Waals surface area contributed by atoms with Crippen LogP contribution in [-0.2, 0) is 10.0 Å². The molecule has 0 aliphatic carbocycles. The molecule has 2 aromatic rings. The van der Waals surface area contributed by atoms with Crippen molar-refractivity contribution in [2.24, 2.45) is 5.73 Å². The quantitative estimate of drug-likeness (QED) is 0.763. The molecule has 0 aliphatic heterocycles. The Hall–Kier alpha value is -2.39. The van der Waals surface area contributed by atoms with E-state index in [4.69, 9.17) is 10.8 Å². The van der Waals surface area contributed by atoms with Gasteiger partial charge >= 0.3 is 5.97 Å². The summed E-state index contributed by atoms with van der Waals surface area (Å²) < 4.78 is 26.9. The normalized spacial score (nSPS) is 11.1. The fourth-order valence-electron chi connectivity index (χ4n) is 1.77. The van der Waals surface area contributed by atoms with Crippen LogP contribution in [0.3, 0.4) is 0 Å². The van der Waals surface area contributed by atoms with E-state index in [-0.39, 0.29) is 21.0 Å². The van der Waals surface area contributed by atoms with Crippen LogP contribution in [0.4, 0.5) is 5.69 Å². The molecule has 0 aliphatic rings. The average molecular weight is 340 g/mol. The second-order valence-electron chi connectivity index (χ2n) is 4.42. The highest BCUT2D eigenvalue weighted by atomic mass is 32.2. The van der Waals surface area contributed by atoms with Crippen molar-refractivity contribution in [2.45, 2.75) is 11.8 Å². The van der Waals surface area contributed by atoms with Crippen molar-refractivity contribution in [3.8, 4) is 0 Å². The molecule has 116 valence electrons. The van der Waals surface area contributed by atoms with Crippen molar-refractivity contribution in [3.63, 3.8) is 0 Å². The SMILES string of the molecule is Cc1cccc(C(N)=O)c1NS(=O)(=O)c1csc(C(=O)O)c1. The highest BCUT2D eigenvalue weighted by Crippen LogP contribution is 2.26. The highest BCUT2D eigenvalue weighted by Gasteiger charge is 2.21. The van der Waals surface area contributed by atoms with Gasteiger partial charge in [0.25, 0.3) is 15.9 Å². The molecule has 0 atom stereocenters. The number of benzene rings is 1. The summed E-state index contributed by atoms with van der Waals surface area (Å²) in [5.41, 5.74) is 5.88. The topological polar surface area (TPSA) is 127 Å². The summed E-state index contributed by atoms with van der Waals surface area (Å²) >= 11 is 0.799. The molecular weight excluding hydrogens is 328 g/mol. The first-order valence-corrected chi connectivity index (χ1v) is 8.32. The maximum absolute atomic E-state index is 12.3. The second kappa shape index (κ2) is 5.78. The van der Waals surface area contributed by atoms with Gasteiger partial charge in [-0.3, -0.25) is 9.52 Å².